The largest absolute Gasteiger partial charge is 0.327 e. The molecule has 90 valence electrons. The molecule has 0 aromatic carbocycles. The van der Waals surface area contributed by atoms with Gasteiger partial charge in [0.15, 0.2) is 0 Å². The van der Waals surface area contributed by atoms with Crippen molar-refractivity contribution in [2.75, 3.05) is 0 Å². The lowest BCUT2D eigenvalue weighted by Gasteiger charge is -2.08. The Balaban J connectivity index is 2.25. The van der Waals surface area contributed by atoms with Crippen LogP contribution in [0.4, 0.5) is 0 Å². The molecule has 0 aliphatic carbocycles. The number of hydrogen-bond acceptors (Lipinski definition) is 3. The summed E-state index contributed by atoms with van der Waals surface area (Å²) in [6, 6.07) is 0.0337. The molecule has 1 unspecified atom stereocenters. The van der Waals surface area contributed by atoms with E-state index in [-0.39, 0.29) is 11.8 Å². The zero-order valence-corrected chi connectivity index (χ0v) is 10.1. The van der Waals surface area contributed by atoms with E-state index in [1.54, 1.807) is 10.9 Å². The number of aromatic nitrogens is 2. The minimum atomic E-state index is 0.0337. The van der Waals surface area contributed by atoms with E-state index in [1.165, 1.54) is 0 Å². The van der Waals surface area contributed by atoms with Crippen LogP contribution in [0.15, 0.2) is 12.4 Å². The van der Waals surface area contributed by atoms with Crippen LogP contribution in [0.2, 0.25) is 0 Å². The number of nitrogens with two attached hydrogens (primary N) is 1. The molecular weight excluding hydrogens is 202 g/mol. The first-order valence-electron chi connectivity index (χ1n) is 5.86. The van der Waals surface area contributed by atoms with Gasteiger partial charge in [0.2, 0.25) is 0 Å². The first kappa shape index (κ1) is 12.9. The third-order valence-electron chi connectivity index (χ3n) is 2.60. The molecule has 0 aliphatic rings. The fourth-order valence-corrected chi connectivity index (χ4v) is 1.75. The van der Waals surface area contributed by atoms with Crippen LogP contribution in [0.3, 0.4) is 0 Å². The fraction of sp³-hybridized carbons (Fsp3) is 0.667. The van der Waals surface area contributed by atoms with Gasteiger partial charge in [-0.15, -0.1) is 0 Å². The molecule has 0 aliphatic heterocycles. The molecule has 0 bridgehead atoms. The number of aryl methyl sites for hydroxylation is 2. The summed E-state index contributed by atoms with van der Waals surface area (Å²) >= 11 is 0. The summed E-state index contributed by atoms with van der Waals surface area (Å²) < 4.78 is 1.75. The molecule has 0 fully saturated rings. The molecule has 0 amide bonds. The van der Waals surface area contributed by atoms with E-state index in [1.807, 2.05) is 13.2 Å². The van der Waals surface area contributed by atoms with E-state index in [0.29, 0.717) is 12.8 Å². The maximum absolute atomic E-state index is 11.6. The van der Waals surface area contributed by atoms with E-state index in [9.17, 15) is 4.79 Å². The van der Waals surface area contributed by atoms with E-state index in [0.717, 1.165) is 24.8 Å². The van der Waals surface area contributed by atoms with Crippen molar-refractivity contribution in [2.24, 2.45) is 12.8 Å². The van der Waals surface area contributed by atoms with E-state index in [4.69, 9.17) is 5.73 Å². The molecule has 1 heterocycles. The summed E-state index contributed by atoms with van der Waals surface area (Å²) in [5, 5.41) is 4.07. The zero-order valence-electron chi connectivity index (χ0n) is 10.1. The number of carbonyl (C=O) groups excluding carboxylic acids is 1. The van der Waals surface area contributed by atoms with Crippen molar-refractivity contribution in [3.8, 4) is 0 Å². The molecule has 0 saturated carbocycles. The fourth-order valence-electron chi connectivity index (χ4n) is 1.75. The average molecular weight is 223 g/mol. The first-order chi connectivity index (χ1) is 7.61. The smallest absolute Gasteiger partial charge is 0.134 e. The van der Waals surface area contributed by atoms with Crippen molar-refractivity contribution in [1.29, 1.82) is 0 Å². The van der Waals surface area contributed by atoms with Crippen molar-refractivity contribution in [2.45, 2.75) is 45.1 Å². The summed E-state index contributed by atoms with van der Waals surface area (Å²) in [6.45, 7) is 2.08. The van der Waals surface area contributed by atoms with Gasteiger partial charge in [0.05, 0.1) is 6.20 Å². The Morgan fingerprint density at radius 2 is 2.38 bits per heavy atom. The van der Waals surface area contributed by atoms with Crippen LogP contribution in [0.5, 0.6) is 0 Å². The van der Waals surface area contributed by atoms with Crippen LogP contribution in [-0.4, -0.2) is 21.6 Å². The van der Waals surface area contributed by atoms with Crippen molar-refractivity contribution >= 4 is 5.78 Å². The highest BCUT2D eigenvalue weighted by Gasteiger charge is 2.09. The van der Waals surface area contributed by atoms with Gasteiger partial charge < -0.3 is 5.73 Å². The summed E-state index contributed by atoms with van der Waals surface area (Å²) in [4.78, 5) is 11.6. The minimum Gasteiger partial charge on any atom is -0.327 e. The Labute approximate surface area is 96.8 Å². The Morgan fingerprint density at radius 1 is 1.62 bits per heavy atom. The lowest BCUT2D eigenvalue weighted by molar-refractivity contribution is -0.119. The number of nitrogens with zero attached hydrogens (tertiary/aromatic N) is 2. The lowest BCUT2D eigenvalue weighted by Crippen LogP contribution is -2.23. The van der Waals surface area contributed by atoms with Gasteiger partial charge in [-0.2, -0.15) is 5.10 Å². The quantitative estimate of drug-likeness (QED) is 0.761. The van der Waals surface area contributed by atoms with Gasteiger partial charge in [-0.25, -0.2) is 0 Å². The Morgan fingerprint density at radius 3 is 2.94 bits per heavy atom. The Hall–Kier alpha value is -1.16. The number of rotatable bonds is 7. The summed E-state index contributed by atoms with van der Waals surface area (Å²) in [5.41, 5.74) is 6.93. The normalized spacial score (nSPS) is 12.7. The van der Waals surface area contributed by atoms with Crippen LogP contribution >= 0.6 is 0 Å². The maximum Gasteiger partial charge on any atom is 0.134 e. The molecule has 16 heavy (non-hydrogen) atoms. The van der Waals surface area contributed by atoms with Crippen LogP contribution in [0.25, 0.3) is 0 Å². The lowest BCUT2D eigenvalue weighted by atomic mass is 10.0. The van der Waals surface area contributed by atoms with Gasteiger partial charge in [0.1, 0.15) is 5.78 Å². The van der Waals surface area contributed by atoms with Crippen LogP contribution in [0.1, 0.15) is 38.2 Å². The Kier molecular flexibility index (Phi) is 5.19. The second-order valence-electron chi connectivity index (χ2n) is 4.31. The molecular formula is C12H21N3O. The second kappa shape index (κ2) is 6.43. The van der Waals surface area contributed by atoms with Crippen molar-refractivity contribution < 1.29 is 4.79 Å². The third kappa shape index (κ3) is 4.57. The molecule has 0 radical (unpaired) electrons. The predicted octanol–water partition coefficient (Wildman–Crippen LogP) is 1.44. The van der Waals surface area contributed by atoms with Crippen LogP contribution in [0, 0.1) is 0 Å². The maximum atomic E-state index is 11.6. The van der Waals surface area contributed by atoms with E-state index >= 15 is 0 Å². The summed E-state index contributed by atoms with van der Waals surface area (Å²) in [6.07, 6.45) is 7.57. The molecule has 0 spiro atoms. The molecule has 1 rings (SSSR count). The van der Waals surface area contributed by atoms with Gasteiger partial charge in [-0.1, -0.05) is 13.3 Å². The third-order valence-corrected chi connectivity index (χ3v) is 2.60. The number of Topliss-reactive ketones (excluding diaryl/α,β-unsaturated/α-hetero) is 1. The summed E-state index contributed by atoms with van der Waals surface area (Å²) in [5.74, 6) is 0.254. The van der Waals surface area contributed by atoms with Gasteiger partial charge >= 0.3 is 0 Å². The SMILES string of the molecule is CCCC(N)CC(=O)CCc1cnn(C)c1. The molecule has 2 N–H and O–H groups in total. The first-order valence-corrected chi connectivity index (χ1v) is 5.86. The molecule has 1 aromatic heterocycles. The second-order valence-corrected chi connectivity index (χ2v) is 4.31. The Bertz CT molecular complexity index is 333. The highest BCUT2D eigenvalue weighted by molar-refractivity contribution is 5.79. The molecule has 4 nitrogen and oxygen atoms in total. The summed E-state index contributed by atoms with van der Waals surface area (Å²) in [7, 11) is 1.88. The number of carbonyl (C=O) groups is 1. The van der Waals surface area contributed by atoms with E-state index < -0.39 is 0 Å². The molecule has 1 atom stereocenters. The minimum absolute atomic E-state index is 0.0337. The highest BCUT2D eigenvalue weighted by Crippen LogP contribution is 2.06. The van der Waals surface area contributed by atoms with Gasteiger partial charge in [0, 0.05) is 32.1 Å². The van der Waals surface area contributed by atoms with Crippen LogP contribution in [-0.2, 0) is 18.3 Å². The van der Waals surface area contributed by atoms with E-state index in [2.05, 4.69) is 12.0 Å². The van der Waals surface area contributed by atoms with Crippen molar-refractivity contribution in [3.63, 3.8) is 0 Å². The van der Waals surface area contributed by atoms with Crippen LogP contribution < -0.4 is 5.73 Å². The number of ketones is 1. The monoisotopic (exact) mass is 223 g/mol. The van der Waals surface area contributed by atoms with Gasteiger partial charge in [0.25, 0.3) is 0 Å². The number of hydrogen-bond donors (Lipinski definition) is 1. The van der Waals surface area contributed by atoms with Gasteiger partial charge in [-0.05, 0) is 18.4 Å². The van der Waals surface area contributed by atoms with Crippen molar-refractivity contribution in [1.82, 2.24) is 9.78 Å². The average Bonchev–Trinajstić information content (AvgIpc) is 2.61. The predicted molar refractivity (Wildman–Crippen MR) is 64.0 cm³/mol. The standard InChI is InChI=1S/C12H21N3O/c1-3-4-11(13)7-12(16)6-5-10-8-14-15(2)9-10/h8-9,11H,3-7,13H2,1-2H3. The zero-order chi connectivity index (χ0) is 12.0. The molecule has 1 aromatic rings. The highest BCUT2D eigenvalue weighted by atomic mass is 16.1. The van der Waals surface area contributed by atoms with Crippen molar-refractivity contribution in [3.05, 3.63) is 18.0 Å². The van der Waals surface area contributed by atoms with Gasteiger partial charge in [-0.3, -0.25) is 9.48 Å². The molecule has 0 saturated heterocycles. The molecule has 4 heteroatoms. The topological polar surface area (TPSA) is 60.9 Å².